The zero-order chi connectivity index (χ0) is 28.3. The number of anilines is 3. The summed E-state index contributed by atoms with van der Waals surface area (Å²) in [6, 6.07) is 13.5. The maximum atomic E-state index is 12.9. The molecule has 1 amide bonds. The van der Waals surface area contributed by atoms with Gasteiger partial charge in [-0.25, -0.2) is 16.8 Å². The number of rotatable bonds is 9. The molecule has 0 aliphatic rings. The van der Waals surface area contributed by atoms with Gasteiger partial charge in [-0.15, -0.1) is 0 Å². The number of carbonyl (C=O) groups is 1. The third-order valence-electron chi connectivity index (χ3n) is 5.29. The highest BCUT2D eigenvalue weighted by molar-refractivity contribution is 7.92. The molecule has 204 valence electrons. The first-order valence-electron chi connectivity index (χ1n) is 10.9. The molecule has 0 aliphatic carbocycles. The van der Waals surface area contributed by atoms with Crippen molar-refractivity contribution in [3.8, 4) is 5.75 Å². The van der Waals surface area contributed by atoms with E-state index >= 15 is 0 Å². The van der Waals surface area contributed by atoms with Crippen molar-refractivity contribution in [2.24, 2.45) is 0 Å². The monoisotopic (exact) mass is 571 g/mol. The summed E-state index contributed by atoms with van der Waals surface area (Å²) in [4.78, 5) is 12.6. The van der Waals surface area contributed by atoms with Gasteiger partial charge in [0.25, 0.3) is 10.0 Å². The smallest absolute Gasteiger partial charge is 0.416 e. The number of ether oxygens (including phenoxy) is 1. The van der Waals surface area contributed by atoms with Crippen molar-refractivity contribution in [2.75, 3.05) is 27.7 Å². The molecule has 0 unspecified atom stereocenters. The molecule has 1 atom stereocenters. The van der Waals surface area contributed by atoms with Crippen LogP contribution in [0.3, 0.4) is 0 Å². The molecule has 0 spiro atoms. The van der Waals surface area contributed by atoms with E-state index in [2.05, 4.69) is 10.0 Å². The molecule has 3 aromatic rings. The average molecular weight is 572 g/mol. The van der Waals surface area contributed by atoms with Gasteiger partial charge in [0.1, 0.15) is 11.8 Å². The summed E-state index contributed by atoms with van der Waals surface area (Å²) in [5.74, 6) is -0.194. The number of sulfonamides is 2. The van der Waals surface area contributed by atoms with Crippen LogP contribution in [0.5, 0.6) is 5.75 Å². The zero-order valence-corrected chi connectivity index (χ0v) is 22.0. The van der Waals surface area contributed by atoms with Crippen molar-refractivity contribution in [3.63, 3.8) is 0 Å². The van der Waals surface area contributed by atoms with Gasteiger partial charge in [-0.2, -0.15) is 13.2 Å². The molecule has 0 aliphatic heterocycles. The van der Waals surface area contributed by atoms with E-state index in [0.29, 0.717) is 11.8 Å². The van der Waals surface area contributed by atoms with Crippen LogP contribution in [-0.4, -0.2) is 42.2 Å². The van der Waals surface area contributed by atoms with E-state index in [0.717, 1.165) is 34.8 Å². The maximum absolute atomic E-state index is 12.9. The maximum Gasteiger partial charge on any atom is 0.416 e. The van der Waals surface area contributed by atoms with Crippen LogP contribution in [0.4, 0.5) is 30.2 Å². The summed E-state index contributed by atoms with van der Waals surface area (Å²) < 4.78 is 97.0. The van der Waals surface area contributed by atoms with E-state index < -0.39 is 43.7 Å². The summed E-state index contributed by atoms with van der Waals surface area (Å²) >= 11 is 0. The second-order valence-electron chi connectivity index (χ2n) is 8.13. The number of hydrogen-bond donors (Lipinski definition) is 2. The highest BCUT2D eigenvalue weighted by Gasteiger charge is 2.31. The normalized spacial score (nSPS) is 12.9. The van der Waals surface area contributed by atoms with Crippen molar-refractivity contribution >= 4 is 43.0 Å². The fourth-order valence-corrected chi connectivity index (χ4v) is 5.70. The first-order chi connectivity index (χ1) is 17.6. The Hall–Kier alpha value is -3.78. The van der Waals surface area contributed by atoms with Crippen molar-refractivity contribution in [1.82, 2.24) is 0 Å². The van der Waals surface area contributed by atoms with Gasteiger partial charge in [0.05, 0.1) is 29.5 Å². The van der Waals surface area contributed by atoms with Crippen LogP contribution in [0.2, 0.25) is 0 Å². The fourth-order valence-electron chi connectivity index (χ4n) is 3.48. The average Bonchev–Trinajstić information content (AvgIpc) is 2.83. The lowest BCUT2D eigenvalue weighted by Crippen LogP contribution is -2.45. The van der Waals surface area contributed by atoms with Crippen molar-refractivity contribution in [1.29, 1.82) is 0 Å². The summed E-state index contributed by atoms with van der Waals surface area (Å²) in [7, 11) is -6.65. The molecule has 14 heteroatoms. The van der Waals surface area contributed by atoms with Gasteiger partial charge in [0.2, 0.25) is 15.9 Å². The first kappa shape index (κ1) is 28.8. The van der Waals surface area contributed by atoms with Crippen LogP contribution < -0.4 is 19.1 Å². The predicted molar refractivity (Wildman–Crippen MR) is 137 cm³/mol. The molecule has 3 aromatic carbocycles. The minimum absolute atomic E-state index is 0.169. The van der Waals surface area contributed by atoms with Crippen LogP contribution in [0.15, 0.2) is 77.7 Å². The number of halogens is 3. The van der Waals surface area contributed by atoms with Gasteiger partial charge >= 0.3 is 6.18 Å². The van der Waals surface area contributed by atoms with Crippen LogP contribution in [0.25, 0.3) is 0 Å². The van der Waals surface area contributed by atoms with Gasteiger partial charge in [-0.3, -0.25) is 13.8 Å². The zero-order valence-electron chi connectivity index (χ0n) is 20.4. The minimum atomic E-state index is -4.64. The van der Waals surface area contributed by atoms with E-state index in [1.54, 1.807) is 12.1 Å². The molecule has 3 rings (SSSR count). The Morgan fingerprint density at radius 2 is 1.53 bits per heavy atom. The molecular formula is C24H24F3N3O6S2. The van der Waals surface area contributed by atoms with Crippen molar-refractivity contribution in [3.05, 3.63) is 78.4 Å². The Morgan fingerprint density at radius 1 is 0.921 bits per heavy atom. The molecule has 0 saturated heterocycles. The molecule has 0 heterocycles. The summed E-state index contributed by atoms with van der Waals surface area (Å²) in [6.07, 6.45) is -3.68. The van der Waals surface area contributed by atoms with Crippen LogP contribution in [-0.2, 0) is 31.0 Å². The number of methoxy groups -OCH3 is 1. The number of alkyl halides is 3. The van der Waals surface area contributed by atoms with E-state index in [4.69, 9.17) is 4.74 Å². The molecule has 9 nitrogen and oxygen atoms in total. The molecule has 0 saturated carbocycles. The molecule has 0 fully saturated rings. The molecule has 0 radical (unpaired) electrons. The Morgan fingerprint density at radius 3 is 2.05 bits per heavy atom. The summed E-state index contributed by atoms with van der Waals surface area (Å²) in [5.41, 5.74) is -0.880. The summed E-state index contributed by atoms with van der Waals surface area (Å²) in [5, 5.41) is 2.53. The van der Waals surface area contributed by atoms with E-state index in [-0.39, 0.29) is 22.0 Å². The minimum Gasteiger partial charge on any atom is -0.497 e. The van der Waals surface area contributed by atoms with E-state index in [9.17, 15) is 34.8 Å². The quantitative estimate of drug-likeness (QED) is 0.395. The molecule has 0 bridgehead atoms. The van der Waals surface area contributed by atoms with E-state index in [1.807, 2.05) is 0 Å². The van der Waals surface area contributed by atoms with Crippen LogP contribution in [0, 0.1) is 0 Å². The van der Waals surface area contributed by atoms with E-state index in [1.165, 1.54) is 44.4 Å². The Bertz CT molecular complexity index is 1510. The molecule has 0 aromatic heterocycles. The SMILES string of the molecule is COc1ccc(N([C@H](C)C(=O)Nc2ccc(S(=O)(=O)Nc3cccc(C(F)(F)F)c3)cc2)S(C)(=O)=O)cc1. The largest absolute Gasteiger partial charge is 0.497 e. The fraction of sp³-hybridized carbons (Fsp3) is 0.208. The lowest BCUT2D eigenvalue weighted by atomic mass is 10.2. The third-order valence-corrected chi connectivity index (χ3v) is 7.93. The van der Waals surface area contributed by atoms with Crippen molar-refractivity contribution < 1.29 is 39.5 Å². The highest BCUT2D eigenvalue weighted by Crippen LogP contribution is 2.31. The van der Waals surface area contributed by atoms with Gasteiger partial charge in [0.15, 0.2) is 0 Å². The van der Waals surface area contributed by atoms with Gasteiger partial charge in [0, 0.05) is 11.4 Å². The number of benzene rings is 3. The number of hydrogen-bond acceptors (Lipinski definition) is 6. The van der Waals surface area contributed by atoms with Crippen molar-refractivity contribution in [2.45, 2.75) is 24.0 Å². The van der Waals surface area contributed by atoms with Crippen LogP contribution >= 0.6 is 0 Å². The second-order valence-corrected chi connectivity index (χ2v) is 11.7. The second kappa shape index (κ2) is 10.9. The Balaban J connectivity index is 1.76. The number of nitrogens with one attached hydrogen (secondary N) is 2. The Labute approximate surface area is 218 Å². The lowest BCUT2D eigenvalue weighted by molar-refractivity contribution is -0.137. The third kappa shape index (κ3) is 6.95. The Kier molecular flexibility index (Phi) is 8.27. The van der Waals surface area contributed by atoms with Gasteiger partial charge < -0.3 is 10.1 Å². The van der Waals surface area contributed by atoms with Gasteiger partial charge in [-0.1, -0.05) is 6.07 Å². The van der Waals surface area contributed by atoms with Crippen LogP contribution in [0.1, 0.15) is 12.5 Å². The number of carbonyl (C=O) groups excluding carboxylic acids is 1. The summed E-state index contributed by atoms with van der Waals surface area (Å²) in [6.45, 7) is 1.39. The number of nitrogens with zero attached hydrogens (tertiary/aromatic N) is 1. The predicted octanol–water partition coefficient (Wildman–Crippen LogP) is 4.31. The molecular weight excluding hydrogens is 547 g/mol. The lowest BCUT2D eigenvalue weighted by Gasteiger charge is -2.28. The topological polar surface area (TPSA) is 122 Å². The molecule has 38 heavy (non-hydrogen) atoms. The first-order valence-corrected chi connectivity index (χ1v) is 14.2. The number of amides is 1. The standard InChI is InChI=1S/C24H24F3N3O6S2/c1-16(30(37(3,32)33)20-9-11-21(36-2)12-10-20)23(31)28-18-7-13-22(14-8-18)38(34,35)29-19-6-4-5-17(15-19)24(25,26)27/h4-16,29H,1-3H3,(H,28,31)/t16-/m1/s1. The highest BCUT2D eigenvalue weighted by atomic mass is 32.2. The molecule has 2 N–H and O–H groups in total. The van der Waals surface area contributed by atoms with Gasteiger partial charge in [-0.05, 0) is 73.7 Å².